The van der Waals surface area contributed by atoms with Crippen LogP contribution in [0.25, 0.3) is 11.0 Å². The minimum Gasteiger partial charge on any atom is -0.265 e. The van der Waals surface area contributed by atoms with Gasteiger partial charge in [-0.05, 0) is 45.8 Å². The van der Waals surface area contributed by atoms with Crippen LogP contribution in [-0.4, -0.2) is 26.9 Å². The van der Waals surface area contributed by atoms with E-state index in [-0.39, 0.29) is 10.7 Å². The smallest absolute Gasteiger partial charge is 0.265 e. The average molecular weight is 519 g/mol. The number of benzene rings is 2. The van der Waals surface area contributed by atoms with Gasteiger partial charge in [0.1, 0.15) is 15.9 Å². The van der Waals surface area contributed by atoms with Gasteiger partial charge in [-0.15, -0.1) is 0 Å². The molecule has 0 aliphatic heterocycles. The molecule has 4 rings (SSSR count). The number of halogens is 3. The first-order chi connectivity index (χ1) is 13.3. The zero-order valence-electron chi connectivity index (χ0n) is 13.8. The molecule has 0 saturated carbocycles. The predicted molar refractivity (Wildman–Crippen MR) is 114 cm³/mol. The van der Waals surface area contributed by atoms with Crippen LogP contribution < -0.4 is 4.72 Å². The lowest BCUT2D eigenvalue weighted by molar-refractivity contribution is 0.601. The van der Waals surface area contributed by atoms with Crippen molar-refractivity contribution in [3.8, 4) is 0 Å². The molecule has 12 heteroatoms. The summed E-state index contributed by atoms with van der Waals surface area (Å²) >= 11 is 16.3. The Labute approximate surface area is 182 Å². The highest BCUT2D eigenvalue weighted by Crippen LogP contribution is 2.28. The Bertz CT molecular complexity index is 1290. The number of nitrogens with one attached hydrogen (secondary N) is 1. The van der Waals surface area contributed by atoms with E-state index in [9.17, 15) is 8.42 Å². The van der Waals surface area contributed by atoms with E-state index in [0.29, 0.717) is 32.1 Å². The molecule has 1 N–H and O–H groups in total. The first kappa shape index (κ1) is 19.6. The van der Waals surface area contributed by atoms with Gasteiger partial charge in [-0.25, -0.2) is 8.42 Å². The highest BCUT2D eigenvalue weighted by molar-refractivity contribution is 9.10. The Morgan fingerprint density at radius 3 is 2.75 bits per heavy atom. The Balaban J connectivity index is 1.61. The molecule has 0 spiro atoms. The van der Waals surface area contributed by atoms with E-state index in [2.05, 4.69) is 34.5 Å². The SMILES string of the molecule is O=S(=O)(Nc1nn(Cc2ccc(Cl)c(Cl)c2)cc1Br)c1cccc2nsnc12. The van der Waals surface area contributed by atoms with Crippen LogP contribution in [-0.2, 0) is 16.6 Å². The monoisotopic (exact) mass is 517 g/mol. The van der Waals surface area contributed by atoms with E-state index in [0.717, 1.165) is 17.3 Å². The van der Waals surface area contributed by atoms with Crippen molar-refractivity contribution in [3.05, 3.63) is 62.7 Å². The molecule has 0 aliphatic carbocycles. The summed E-state index contributed by atoms with van der Waals surface area (Å²) in [5.41, 5.74) is 1.72. The fourth-order valence-electron chi connectivity index (χ4n) is 2.55. The number of hydrogen-bond donors (Lipinski definition) is 1. The second-order valence-electron chi connectivity index (χ2n) is 5.77. The highest BCUT2D eigenvalue weighted by Gasteiger charge is 2.22. The molecule has 0 saturated heterocycles. The molecule has 2 heterocycles. The Morgan fingerprint density at radius 1 is 1.14 bits per heavy atom. The van der Waals surface area contributed by atoms with Gasteiger partial charge in [0, 0.05) is 6.20 Å². The fraction of sp³-hybridized carbons (Fsp3) is 0.0625. The van der Waals surface area contributed by atoms with E-state index in [1.165, 1.54) is 6.07 Å². The predicted octanol–water partition coefficient (Wildman–Crippen LogP) is 4.81. The van der Waals surface area contributed by atoms with E-state index >= 15 is 0 Å². The maximum Gasteiger partial charge on any atom is 0.265 e. The van der Waals surface area contributed by atoms with Crippen molar-refractivity contribution in [2.24, 2.45) is 0 Å². The van der Waals surface area contributed by atoms with Crippen LogP contribution in [0, 0.1) is 0 Å². The highest BCUT2D eigenvalue weighted by atomic mass is 79.9. The molecular weight excluding hydrogens is 509 g/mol. The Hall–Kier alpha value is -1.72. The van der Waals surface area contributed by atoms with Gasteiger partial charge in [-0.3, -0.25) is 9.40 Å². The van der Waals surface area contributed by atoms with Crippen molar-refractivity contribution in [2.75, 3.05) is 4.72 Å². The van der Waals surface area contributed by atoms with Crippen LogP contribution in [0.4, 0.5) is 5.82 Å². The third kappa shape index (κ3) is 3.87. The van der Waals surface area contributed by atoms with Crippen molar-refractivity contribution in [1.82, 2.24) is 18.5 Å². The number of fused-ring (bicyclic) bond motifs is 1. The number of anilines is 1. The molecule has 28 heavy (non-hydrogen) atoms. The summed E-state index contributed by atoms with van der Waals surface area (Å²) < 4.78 is 38.4. The van der Waals surface area contributed by atoms with Gasteiger partial charge in [0.25, 0.3) is 10.0 Å². The van der Waals surface area contributed by atoms with Gasteiger partial charge in [-0.1, -0.05) is 35.3 Å². The maximum atomic E-state index is 12.8. The van der Waals surface area contributed by atoms with Crippen LogP contribution in [0.3, 0.4) is 0 Å². The zero-order valence-corrected chi connectivity index (χ0v) is 18.5. The molecule has 0 fully saturated rings. The van der Waals surface area contributed by atoms with Crippen molar-refractivity contribution in [2.45, 2.75) is 11.4 Å². The molecule has 7 nitrogen and oxygen atoms in total. The largest absolute Gasteiger partial charge is 0.265 e. The summed E-state index contributed by atoms with van der Waals surface area (Å²) in [6, 6.07) is 10.1. The molecule has 0 radical (unpaired) electrons. The van der Waals surface area contributed by atoms with Crippen LogP contribution in [0.2, 0.25) is 10.0 Å². The third-order valence-corrected chi connectivity index (χ3v) is 7.05. The van der Waals surface area contributed by atoms with Crippen LogP contribution in [0.15, 0.2) is 52.0 Å². The summed E-state index contributed by atoms with van der Waals surface area (Å²) in [5.74, 6) is 0.167. The zero-order chi connectivity index (χ0) is 19.9. The molecule has 0 amide bonds. The number of hydrogen-bond acceptors (Lipinski definition) is 6. The average Bonchev–Trinajstić information content (AvgIpc) is 3.24. The van der Waals surface area contributed by atoms with E-state index in [1.54, 1.807) is 35.1 Å². The van der Waals surface area contributed by atoms with Gasteiger partial charge in [-0.2, -0.15) is 13.8 Å². The van der Waals surface area contributed by atoms with E-state index in [1.807, 2.05) is 6.07 Å². The van der Waals surface area contributed by atoms with Crippen molar-refractivity contribution >= 4 is 77.7 Å². The molecule has 0 unspecified atom stereocenters. The molecule has 2 aromatic heterocycles. The topological polar surface area (TPSA) is 89.8 Å². The molecule has 144 valence electrons. The first-order valence-electron chi connectivity index (χ1n) is 7.74. The summed E-state index contributed by atoms with van der Waals surface area (Å²) in [7, 11) is -3.89. The fourth-order valence-corrected chi connectivity index (χ4v) is 5.20. The molecule has 0 atom stereocenters. The number of rotatable bonds is 5. The summed E-state index contributed by atoms with van der Waals surface area (Å²) in [4.78, 5) is 0.0460. The first-order valence-corrected chi connectivity index (χ1v) is 11.5. The van der Waals surface area contributed by atoms with Crippen LogP contribution in [0.5, 0.6) is 0 Å². The summed E-state index contributed by atoms with van der Waals surface area (Å²) in [6.45, 7) is 0.392. The Morgan fingerprint density at radius 2 is 1.96 bits per heavy atom. The lowest BCUT2D eigenvalue weighted by atomic mass is 10.2. The standard InChI is InChI=1S/C16H10BrCl2N5O2S2/c17-10-8-24(7-9-4-5-11(18)12(19)6-9)20-16(10)23-28(25,26)14-3-1-2-13-15(14)22-27-21-13/h1-6,8H,7H2,(H,20,23). The molecule has 2 aromatic carbocycles. The van der Waals surface area contributed by atoms with Gasteiger partial charge in [0.05, 0.1) is 32.8 Å². The van der Waals surface area contributed by atoms with Crippen LogP contribution in [0.1, 0.15) is 5.56 Å². The summed E-state index contributed by atoms with van der Waals surface area (Å²) in [6.07, 6.45) is 1.67. The van der Waals surface area contributed by atoms with E-state index in [4.69, 9.17) is 23.2 Å². The maximum absolute atomic E-state index is 12.8. The number of nitrogens with zero attached hydrogens (tertiary/aromatic N) is 4. The van der Waals surface area contributed by atoms with Gasteiger partial charge in [0.2, 0.25) is 0 Å². The lowest BCUT2D eigenvalue weighted by Crippen LogP contribution is -2.14. The van der Waals surface area contributed by atoms with Gasteiger partial charge >= 0.3 is 0 Å². The minimum absolute atomic E-state index is 0.0460. The minimum atomic E-state index is -3.89. The quantitative estimate of drug-likeness (QED) is 0.409. The van der Waals surface area contributed by atoms with Gasteiger partial charge < -0.3 is 0 Å². The third-order valence-electron chi connectivity index (χ3n) is 3.82. The van der Waals surface area contributed by atoms with Crippen molar-refractivity contribution < 1.29 is 8.42 Å². The number of sulfonamides is 1. The molecular formula is C16H10BrCl2N5O2S2. The van der Waals surface area contributed by atoms with Crippen molar-refractivity contribution in [3.63, 3.8) is 0 Å². The second-order valence-corrected chi connectivity index (χ2v) is 9.61. The van der Waals surface area contributed by atoms with Crippen LogP contribution >= 0.6 is 50.9 Å². The molecule has 0 bridgehead atoms. The molecule has 0 aliphatic rings. The summed E-state index contributed by atoms with van der Waals surface area (Å²) in [5, 5.41) is 5.21. The lowest BCUT2D eigenvalue weighted by Gasteiger charge is -2.06. The normalized spacial score (nSPS) is 11.8. The van der Waals surface area contributed by atoms with Crippen molar-refractivity contribution in [1.29, 1.82) is 0 Å². The van der Waals surface area contributed by atoms with Gasteiger partial charge in [0.15, 0.2) is 5.82 Å². The second kappa shape index (κ2) is 7.60. The van der Waals surface area contributed by atoms with E-state index < -0.39 is 10.0 Å². The molecule has 4 aromatic rings. The Kier molecular flexibility index (Phi) is 5.32. The number of aromatic nitrogens is 4.